The first-order valence-corrected chi connectivity index (χ1v) is 9.82. The number of aromatic nitrogens is 3. The zero-order valence-corrected chi connectivity index (χ0v) is 16.2. The van der Waals surface area contributed by atoms with Gasteiger partial charge in [-0.1, -0.05) is 24.3 Å². The van der Waals surface area contributed by atoms with Gasteiger partial charge >= 0.3 is 11.8 Å². The molecule has 0 atom stereocenters. The van der Waals surface area contributed by atoms with Crippen molar-refractivity contribution in [1.82, 2.24) is 19.9 Å². The Hall–Kier alpha value is -3.66. The molecule has 4 rings (SSSR count). The van der Waals surface area contributed by atoms with E-state index in [1.807, 2.05) is 5.38 Å². The summed E-state index contributed by atoms with van der Waals surface area (Å²) in [6, 6.07) is 11.8. The van der Waals surface area contributed by atoms with Crippen LogP contribution in [0.1, 0.15) is 5.69 Å². The number of nitrogens with one attached hydrogen (secondary N) is 2. The minimum absolute atomic E-state index is 0.0690. The topological polar surface area (TPSA) is 88.4 Å². The second-order valence-electron chi connectivity index (χ2n) is 6.28. The predicted octanol–water partition coefficient (Wildman–Crippen LogP) is 3.03. The highest BCUT2D eigenvalue weighted by atomic mass is 32.1. The van der Waals surface area contributed by atoms with E-state index >= 15 is 0 Å². The highest BCUT2D eigenvalue weighted by Crippen LogP contribution is 2.23. The number of thiazole rings is 1. The summed E-state index contributed by atoms with van der Waals surface area (Å²) in [4.78, 5) is 28.8. The highest BCUT2D eigenvalue weighted by molar-refractivity contribution is 7.15. The van der Waals surface area contributed by atoms with Crippen molar-refractivity contribution in [2.45, 2.75) is 6.42 Å². The average molecular weight is 427 g/mol. The molecule has 7 nitrogen and oxygen atoms in total. The number of fused-ring (bicyclic) bond motifs is 1. The number of amides is 2. The van der Waals surface area contributed by atoms with Gasteiger partial charge in [-0.2, -0.15) is 4.98 Å². The maximum atomic E-state index is 14.0. The third-order valence-corrected chi connectivity index (χ3v) is 5.12. The maximum absolute atomic E-state index is 14.0. The van der Waals surface area contributed by atoms with Crippen molar-refractivity contribution >= 4 is 33.8 Å². The quantitative estimate of drug-likeness (QED) is 0.479. The minimum Gasteiger partial charge on any atom is -0.347 e. The van der Waals surface area contributed by atoms with Crippen LogP contribution in [0.4, 0.5) is 14.5 Å². The standard InChI is InChI=1S/C20H15F2N5O2S/c21-14-6-2-1-5-13(14)17-25-20-27(26-17)12(11-30-20)9-10-23-18(28)19(29)24-16-8-4-3-7-15(16)22/h1-8,11H,9-10H2,(H,23,28)(H,24,29). The summed E-state index contributed by atoms with van der Waals surface area (Å²) in [6.45, 7) is 0.157. The van der Waals surface area contributed by atoms with Crippen LogP contribution in [0.2, 0.25) is 0 Å². The Bertz CT molecular complexity index is 1240. The number of anilines is 1. The number of para-hydroxylation sites is 1. The molecule has 10 heteroatoms. The number of hydrogen-bond donors (Lipinski definition) is 2. The monoisotopic (exact) mass is 427 g/mol. The summed E-state index contributed by atoms with van der Waals surface area (Å²) >= 11 is 1.34. The van der Waals surface area contributed by atoms with Crippen molar-refractivity contribution in [3.05, 3.63) is 71.2 Å². The molecule has 152 valence electrons. The molecule has 0 aliphatic carbocycles. The molecule has 0 aliphatic heterocycles. The van der Waals surface area contributed by atoms with Crippen molar-refractivity contribution in [3.63, 3.8) is 0 Å². The van der Waals surface area contributed by atoms with E-state index in [2.05, 4.69) is 20.7 Å². The number of carbonyl (C=O) groups excluding carboxylic acids is 2. The van der Waals surface area contributed by atoms with Crippen LogP contribution in [0, 0.1) is 11.6 Å². The second-order valence-corrected chi connectivity index (χ2v) is 7.11. The summed E-state index contributed by atoms with van der Waals surface area (Å²) in [6.07, 6.45) is 0.374. The van der Waals surface area contributed by atoms with E-state index in [1.165, 1.54) is 35.6 Å². The van der Waals surface area contributed by atoms with Crippen molar-refractivity contribution in [3.8, 4) is 11.4 Å². The smallest absolute Gasteiger partial charge is 0.313 e. The van der Waals surface area contributed by atoms with E-state index in [-0.39, 0.29) is 18.1 Å². The Labute approximate surface area is 173 Å². The summed E-state index contributed by atoms with van der Waals surface area (Å²) in [5.74, 6) is -2.61. The molecule has 0 fully saturated rings. The van der Waals surface area contributed by atoms with Gasteiger partial charge in [0, 0.05) is 18.3 Å². The first kappa shape index (κ1) is 19.6. The SMILES string of the molecule is O=C(NCCc1csc2nc(-c3ccccc3F)nn12)C(=O)Nc1ccccc1F. The van der Waals surface area contributed by atoms with Crippen LogP contribution in [0.5, 0.6) is 0 Å². The fourth-order valence-corrected chi connectivity index (χ4v) is 3.64. The molecule has 0 saturated heterocycles. The van der Waals surface area contributed by atoms with Crippen LogP contribution in [0.3, 0.4) is 0 Å². The van der Waals surface area contributed by atoms with Gasteiger partial charge in [-0.05, 0) is 24.3 Å². The summed E-state index contributed by atoms with van der Waals surface area (Å²) in [5, 5.41) is 10.9. The van der Waals surface area contributed by atoms with Crippen molar-refractivity contribution in [1.29, 1.82) is 0 Å². The number of halogens is 2. The third kappa shape index (κ3) is 4.03. The number of rotatable bonds is 5. The number of nitrogens with zero attached hydrogens (tertiary/aromatic N) is 3. The molecule has 2 amide bonds. The lowest BCUT2D eigenvalue weighted by molar-refractivity contribution is -0.136. The molecule has 0 radical (unpaired) electrons. The zero-order valence-electron chi connectivity index (χ0n) is 15.4. The van der Waals surface area contributed by atoms with Gasteiger partial charge < -0.3 is 10.6 Å². The van der Waals surface area contributed by atoms with Crippen LogP contribution >= 0.6 is 11.3 Å². The Kier molecular flexibility index (Phi) is 5.48. The van der Waals surface area contributed by atoms with Gasteiger partial charge in [0.1, 0.15) is 11.6 Å². The molecular weight excluding hydrogens is 412 g/mol. The third-order valence-electron chi connectivity index (χ3n) is 4.26. The van der Waals surface area contributed by atoms with Crippen LogP contribution in [-0.2, 0) is 16.0 Å². The molecule has 4 aromatic rings. The van der Waals surface area contributed by atoms with Gasteiger partial charge in [0.25, 0.3) is 0 Å². The van der Waals surface area contributed by atoms with Crippen LogP contribution in [0.25, 0.3) is 16.3 Å². The van der Waals surface area contributed by atoms with Gasteiger partial charge in [-0.15, -0.1) is 16.4 Å². The zero-order chi connectivity index (χ0) is 21.1. The maximum Gasteiger partial charge on any atom is 0.313 e. The molecule has 2 heterocycles. The van der Waals surface area contributed by atoms with Crippen LogP contribution in [-0.4, -0.2) is 33.0 Å². The highest BCUT2D eigenvalue weighted by Gasteiger charge is 2.17. The Balaban J connectivity index is 1.38. The summed E-state index contributed by atoms with van der Waals surface area (Å²) in [5.41, 5.74) is 0.984. The average Bonchev–Trinajstić information content (AvgIpc) is 3.31. The lowest BCUT2D eigenvalue weighted by atomic mass is 10.2. The Morgan fingerprint density at radius 1 is 1.00 bits per heavy atom. The molecule has 0 aliphatic rings. The number of hydrogen-bond acceptors (Lipinski definition) is 5. The van der Waals surface area contributed by atoms with Crippen LogP contribution < -0.4 is 10.6 Å². The van der Waals surface area contributed by atoms with Crippen molar-refractivity contribution < 1.29 is 18.4 Å². The first-order chi connectivity index (χ1) is 14.5. The van der Waals surface area contributed by atoms with E-state index in [0.717, 1.165) is 5.69 Å². The molecule has 2 aromatic carbocycles. The molecule has 30 heavy (non-hydrogen) atoms. The van der Waals surface area contributed by atoms with E-state index in [1.54, 1.807) is 28.8 Å². The molecular formula is C20H15F2N5O2S. The van der Waals surface area contributed by atoms with Crippen LogP contribution in [0.15, 0.2) is 53.9 Å². The minimum atomic E-state index is -0.960. The van der Waals surface area contributed by atoms with Gasteiger partial charge in [-0.25, -0.2) is 13.3 Å². The lowest BCUT2D eigenvalue weighted by Crippen LogP contribution is -2.36. The summed E-state index contributed by atoms with van der Waals surface area (Å²) < 4.78 is 29.1. The van der Waals surface area contributed by atoms with Gasteiger partial charge in [0.15, 0.2) is 5.82 Å². The van der Waals surface area contributed by atoms with E-state index in [0.29, 0.717) is 16.9 Å². The first-order valence-electron chi connectivity index (χ1n) is 8.94. The van der Waals surface area contributed by atoms with Crippen molar-refractivity contribution in [2.24, 2.45) is 0 Å². The van der Waals surface area contributed by atoms with Gasteiger partial charge in [-0.3, -0.25) is 9.59 Å². The Morgan fingerprint density at radius 2 is 1.73 bits per heavy atom. The fraction of sp³-hybridized carbons (Fsp3) is 0.100. The largest absolute Gasteiger partial charge is 0.347 e. The predicted molar refractivity (Wildman–Crippen MR) is 108 cm³/mol. The molecule has 0 unspecified atom stereocenters. The van der Waals surface area contributed by atoms with E-state index in [4.69, 9.17) is 0 Å². The number of carbonyl (C=O) groups is 2. The summed E-state index contributed by atoms with van der Waals surface area (Å²) in [7, 11) is 0. The molecule has 2 aromatic heterocycles. The van der Waals surface area contributed by atoms with E-state index < -0.39 is 23.4 Å². The van der Waals surface area contributed by atoms with Crippen molar-refractivity contribution in [2.75, 3.05) is 11.9 Å². The lowest BCUT2D eigenvalue weighted by Gasteiger charge is -2.07. The second kappa shape index (κ2) is 8.37. The van der Waals surface area contributed by atoms with Gasteiger partial charge in [0.2, 0.25) is 4.96 Å². The number of benzene rings is 2. The van der Waals surface area contributed by atoms with Gasteiger partial charge in [0.05, 0.1) is 16.9 Å². The molecule has 0 bridgehead atoms. The van der Waals surface area contributed by atoms with E-state index in [9.17, 15) is 18.4 Å². The fourth-order valence-electron chi connectivity index (χ4n) is 2.78. The molecule has 0 spiro atoms. The molecule has 0 saturated carbocycles. The normalized spacial score (nSPS) is 10.9. The Morgan fingerprint density at radius 3 is 2.50 bits per heavy atom. The molecule has 2 N–H and O–H groups in total.